The van der Waals surface area contributed by atoms with Crippen LogP contribution in [0.15, 0.2) is 23.1 Å². The van der Waals surface area contributed by atoms with Gasteiger partial charge < -0.3 is 10.8 Å². The molecule has 1 aromatic carbocycles. The highest BCUT2D eigenvalue weighted by atomic mass is 32.2. The molecular formula is C8H11NOS. The molecule has 0 amide bonds. The normalized spacial score (nSPS) is 9.91. The fraction of sp³-hybridized carbons (Fsp3) is 0.250. The molecule has 0 bridgehead atoms. The van der Waals surface area contributed by atoms with Crippen LogP contribution in [0.3, 0.4) is 0 Å². The Labute approximate surface area is 70.4 Å². The minimum atomic E-state index is 0.170. The van der Waals surface area contributed by atoms with Crippen molar-refractivity contribution in [1.29, 1.82) is 0 Å². The molecule has 1 aromatic rings. The summed E-state index contributed by atoms with van der Waals surface area (Å²) in [6.45, 7) is 2.05. The van der Waals surface area contributed by atoms with Crippen molar-refractivity contribution in [2.75, 3.05) is 11.5 Å². The molecule has 0 heterocycles. The summed E-state index contributed by atoms with van der Waals surface area (Å²) in [5.41, 5.74) is 6.08. The average molecular weight is 169 g/mol. The van der Waals surface area contributed by atoms with Crippen molar-refractivity contribution in [3.05, 3.63) is 18.2 Å². The molecule has 2 nitrogen and oxygen atoms in total. The Morgan fingerprint density at radius 2 is 2.27 bits per heavy atom. The van der Waals surface area contributed by atoms with Gasteiger partial charge in [-0.2, -0.15) is 0 Å². The zero-order chi connectivity index (χ0) is 8.27. The number of nitrogens with two attached hydrogens (primary N) is 1. The van der Waals surface area contributed by atoms with Crippen LogP contribution >= 0.6 is 11.8 Å². The number of phenolic OH excluding ortho intramolecular Hbond substituents is 1. The van der Waals surface area contributed by atoms with Gasteiger partial charge in [-0.1, -0.05) is 13.0 Å². The number of hydrogen-bond acceptors (Lipinski definition) is 3. The second-order valence-electron chi connectivity index (χ2n) is 2.12. The van der Waals surface area contributed by atoms with E-state index < -0.39 is 0 Å². The third kappa shape index (κ3) is 1.80. The third-order valence-corrected chi connectivity index (χ3v) is 2.30. The predicted molar refractivity (Wildman–Crippen MR) is 48.9 cm³/mol. The lowest BCUT2D eigenvalue weighted by atomic mass is 10.3. The largest absolute Gasteiger partial charge is 0.506 e. The number of hydrogen-bond donors (Lipinski definition) is 2. The molecule has 0 saturated carbocycles. The molecule has 1 rings (SSSR count). The van der Waals surface area contributed by atoms with Gasteiger partial charge in [-0.25, -0.2) is 0 Å². The Morgan fingerprint density at radius 1 is 1.55 bits per heavy atom. The summed E-state index contributed by atoms with van der Waals surface area (Å²) < 4.78 is 0. The number of benzene rings is 1. The average Bonchev–Trinajstić information content (AvgIpc) is 1.99. The molecule has 0 fully saturated rings. The number of aromatic hydroxyl groups is 1. The van der Waals surface area contributed by atoms with Crippen LogP contribution in [0, 0.1) is 0 Å². The Morgan fingerprint density at radius 3 is 2.91 bits per heavy atom. The molecule has 0 aliphatic rings. The van der Waals surface area contributed by atoms with Crippen LogP contribution in [0.5, 0.6) is 5.75 Å². The highest BCUT2D eigenvalue weighted by molar-refractivity contribution is 7.99. The van der Waals surface area contributed by atoms with E-state index in [2.05, 4.69) is 0 Å². The van der Waals surface area contributed by atoms with Crippen molar-refractivity contribution in [2.24, 2.45) is 0 Å². The van der Waals surface area contributed by atoms with Crippen molar-refractivity contribution < 1.29 is 5.11 Å². The standard InChI is InChI=1S/C8H11NOS/c1-2-11-7-5-3-4-6(10)8(7)9/h3-5,10H,2,9H2,1H3. The molecule has 3 N–H and O–H groups in total. The van der Waals surface area contributed by atoms with Crippen LogP contribution in [-0.2, 0) is 0 Å². The van der Waals surface area contributed by atoms with Gasteiger partial charge in [0.15, 0.2) is 0 Å². The maximum Gasteiger partial charge on any atom is 0.139 e. The topological polar surface area (TPSA) is 46.2 Å². The van der Waals surface area contributed by atoms with Gasteiger partial charge in [0.2, 0.25) is 0 Å². The first-order chi connectivity index (χ1) is 5.25. The Kier molecular flexibility index (Phi) is 2.65. The first-order valence-corrected chi connectivity index (χ1v) is 4.44. The van der Waals surface area contributed by atoms with Crippen LogP contribution in [0.4, 0.5) is 5.69 Å². The quantitative estimate of drug-likeness (QED) is 0.405. The van der Waals surface area contributed by atoms with Crippen molar-refractivity contribution in [1.82, 2.24) is 0 Å². The van der Waals surface area contributed by atoms with E-state index in [1.165, 1.54) is 0 Å². The summed E-state index contributed by atoms with van der Waals surface area (Å²) in [4.78, 5) is 0.951. The van der Waals surface area contributed by atoms with Crippen LogP contribution in [-0.4, -0.2) is 10.9 Å². The van der Waals surface area contributed by atoms with E-state index in [1.807, 2.05) is 13.0 Å². The van der Waals surface area contributed by atoms with Crippen LogP contribution in [0.25, 0.3) is 0 Å². The second-order valence-corrected chi connectivity index (χ2v) is 3.43. The molecule has 60 valence electrons. The van der Waals surface area contributed by atoms with Gasteiger partial charge in [-0.15, -0.1) is 11.8 Å². The van der Waals surface area contributed by atoms with Gasteiger partial charge in [-0.05, 0) is 17.9 Å². The van der Waals surface area contributed by atoms with E-state index in [4.69, 9.17) is 5.73 Å². The lowest BCUT2D eigenvalue weighted by Crippen LogP contribution is -1.88. The fourth-order valence-corrected chi connectivity index (χ4v) is 1.56. The van der Waals surface area contributed by atoms with E-state index in [9.17, 15) is 5.11 Å². The van der Waals surface area contributed by atoms with Crippen LogP contribution < -0.4 is 5.73 Å². The molecule has 11 heavy (non-hydrogen) atoms. The number of para-hydroxylation sites is 1. The highest BCUT2D eigenvalue weighted by Crippen LogP contribution is 2.31. The zero-order valence-corrected chi connectivity index (χ0v) is 7.19. The third-order valence-electron chi connectivity index (χ3n) is 1.34. The summed E-state index contributed by atoms with van der Waals surface area (Å²) in [6, 6.07) is 5.29. The molecule has 0 radical (unpaired) electrons. The minimum Gasteiger partial charge on any atom is -0.506 e. The van der Waals surface area contributed by atoms with Crippen LogP contribution in [0.2, 0.25) is 0 Å². The lowest BCUT2D eigenvalue weighted by molar-refractivity contribution is 0.477. The molecule has 0 aliphatic carbocycles. The highest BCUT2D eigenvalue weighted by Gasteiger charge is 2.01. The molecule has 3 heteroatoms. The van der Waals surface area contributed by atoms with Gasteiger partial charge in [0, 0.05) is 4.90 Å². The summed E-state index contributed by atoms with van der Waals surface area (Å²) in [5.74, 6) is 1.14. The van der Waals surface area contributed by atoms with Gasteiger partial charge in [0.25, 0.3) is 0 Å². The monoisotopic (exact) mass is 169 g/mol. The van der Waals surface area contributed by atoms with E-state index in [-0.39, 0.29) is 5.75 Å². The minimum absolute atomic E-state index is 0.170. The van der Waals surface area contributed by atoms with Gasteiger partial charge in [-0.3, -0.25) is 0 Å². The summed E-state index contributed by atoms with van der Waals surface area (Å²) >= 11 is 1.63. The number of nitrogen functional groups attached to an aromatic ring is 1. The van der Waals surface area contributed by atoms with E-state index in [0.717, 1.165) is 10.6 Å². The number of rotatable bonds is 2. The van der Waals surface area contributed by atoms with Crippen molar-refractivity contribution in [3.63, 3.8) is 0 Å². The van der Waals surface area contributed by atoms with E-state index in [1.54, 1.807) is 23.9 Å². The summed E-state index contributed by atoms with van der Waals surface area (Å²) in [6.07, 6.45) is 0. The smallest absolute Gasteiger partial charge is 0.139 e. The molecule has 0 atom stereocenters. The van der Waals surface area contributed by atoms with Gasteiger partial charge in [0.05, 0.1) is 5.69 Å². The number of anilines is 1. The Bertz CT molecular complexity index is 250. The van der Waals surface area contributed by atoms with E-state index in [0.29, 0.717) is 5.69 Å². The molecule has 0 saturated heterocycles. The SMILES string of the molecule is CCSc1cccc(O)c1N. The summed E-state index contributed by atoms with van der Waals surface area (Å²) in [5, 5.41) is 9.19. The fourth-order valence-electron chi connectivity index (χ4n) is 0.814. The Balaban J connectivity index is 2.96. The second kappa shape index (κ2) is 3.53. The first kappa shape index (κ1) is 8.27. The van der Waals surface area contributed by atoms with Crippen molar-refractivity contribution >= 4 is 17.4 Å². The maximum absolute atomic E-state index is 9.19. The van der Waals surface area contributed by atoms with Crippen LogP contribution in [0.1, 0.15) is 6.92 Å². The molecule has 0 aromatic heterocycles. The van der Waals surface area contributed by atoms with Gasteiger partial charge in [0.1, 0.15) is 5.75 Å². The molecule has 0 spiro atoms. The number of phenols is 1. The molecular weight excluding hydrogens is 158 g/mol. The number of thioether (sulfide) groups is 1. The zero-order valence-electron chi connectivity index (χ0n) is 6.37. The predicted octanol–water partition coefficient (Wildman–Crippen LogP) is 2.09. The van der Waals surface area contributed by atoms with E-state index >= 15 is 0 Å². The molecule has 0 aliphatic heterocycles. The molecule has 0 unspecified atom stereocenters. The lowest BCUT2D eigenvalue weighted by Gasteiger charge is -2.03. The van der Waals surface area contributed by atoms with Crippen molar-refractivity contribution in [3.8, 4) is 5.75 Å². The Hall–Kier alpha value is -0.830. The summed E-state index contributed by atoms with van der Waals surface area (Å²) in [7, 11) is 0. The maximum atomic E-state index is 9.19. The van der Waals surface area contributed by atoms with Gasteiger partial charge >= 0.3 is 0 Å². The van der Waals surface area contributed by atoms with Crippen molar-refractivity contribution in [2.45, 2.75) is 11.8 Å². The first-order valence-electron chi connectivity index (χ1n) is 3.46.